The first-order valence-corrected chi connectivity index (χ1v) is 6.31. The van der Waals surface area contributed by atoms with E-state index in [9.17, 15) is 0 Å². The molecule has 0 bridgehead atoms. The second kappa shape index (κ2) is 4.48. The molecule has 96 valence electrons. The molecule has 2 N–H and O–H groups in total. The average Bonchev–Trinajstić information content (AvgIpc) is 2.60. The summed E-state index contributed by atoms with van der Waals surface area (Å²) in [6, 6.07) is 6.38. The van der Waals surface area contributed by atoms with Crippen LogP contribution < -0.4 is 5.73 Å². The molecule has 0 fully saturated rings. The van der Waals surface area contributed by atoms with Gasteiger partial charge in [-0.05, 0) is 25.5 Å². The Morgan fingerprint density at radius 1 is 1.22 bits per heavy atom. The molecule has 1 heterocycles. The molecule has 2 aromatic rings. The zero-order chi connectivity index (χ0) is 13.4. The summed E-state index contributed by atoms with van der Waals surface area (Å²) in [6.45, 7) is 8.45. The minimum atomic E-state index is 0.371. The lowest BCUT2D eigenvalue weighted by atomic mass is 10.0. The summed E-state index contributed by atoms with van der Waals surface area (Å²) in [5.41, 5.74) is 10.7. The molecule has 0 spiro atoms. The van der Waals surface area contributed by atoms with E-state index in [0.717, 1.165) is 22.9 Å². The van der Waals surface area contributed by atoms with Gasteiger partial charge in [0.15, 0.2) is 0 Å². The van der Waals surface area contributed by atoms with Gasteiger partial charge in [-0.1, -0.05) is 31.5 Å². The van der Waals surface area contributed by atoms with Crippen molar-refractivity contribution in [2.45, 2.75) is 33.6 Å². The molecule has 0 aliphatic heterocycles. The van der Waals surface area contributed by atoms with Crippen molar-refractivity contribution in [3.63, 3.8) is 0 Å². The second-order valence-corrected chi connectivity index (χ2v) is 5.24. The summed E-state index contributed by atoms with van der Waals surface area (Å²) in [4.78, 5) is 4.72. The van der Waals surface area contributed by atoms with Gasteiger partial charge in [-0.25, -0.2) is 4.98 Å². The monoisotopic (exact) mass is 243 g/mol. The molecule has 18 heavy (non-hydrogen) atoms. The Morgan fingerprint density at radius 3 is 2.44 bits per heavy atom. The van der Waals surface area contributed by atoms with E-state index in [1.807, 2.05) is 11.6 Å². The van der Waals surface area contributed by atoms with E-state index in [-0.39, 0.29) is 0 Å². The minimum absolute atomic E-state index is 0.371. The first-order valence-electron chi connectivity index (χ1n) is 6.31. The van der Waals surface area contributed by atoms with Crippen LogP contribution in [-0.4, -0.2) is 9.55 Å². The van der Waals surface area contributed by atoms with E-state index in [2.05, 4.69) is 45.9 Å². The van der Waals surface area contributed by atoms with Gasteiger partial charge in [-0.15, -0.1) is 0 Å². The van der Waals surface area contributed by atoms with E-state index < -0.39 is 0 Å². The maximum Gasteiger partial charge on any atom is 0.131 e. The van der Waals surface area contributed by atoms with E-state index >= 15 is 0 Å². The van der Waals surface area contributed by atoms with Crippen LogP contribution >= 0.6 is 0 Å². The fourth-order valence-electron chi connectivity index (χ4n) is 2.23. The quantitative estimate of drug-likeness (QED) is 0.878. The van der Waals surface area contributed by atoms with Crippen molar-refractivity contribution in [3.8, 4) is 11.3 Å². The highest BCUT2D eigenvalue weighted by Gasteiger charge is 2.17. The number of nitrogen functional groups attached to an aromatic ring is 1. The van der Waals surface area contributed by atoms with Crippen molar-refractivity contribution in [1.29, 1.82) is 0 Å². The van der Waals surface area contributed by atoms with Crippen LogP contribution in [0.5, 0.6) is 0 Å². The number of hydrogen-bond acceptors (Lipinski definition) is 2. The predicted octanol–water partition coefficient (Wildman–Crippen LogP) is 3.41. The highest BCUT2D eigenvalue weighted by Crippen LogP contribution is 2.31. The summed E-state index contributed by atoms with van der Waals surface area (Å²) in [5.74, 6) is 2.15. The lowest BCUT2D eigenvalue weighted by Gasteiger charge is -2.06. The Balaban J connectivity index is 2.64. The minimum Gasteiger partial charge on any atom is -0.383 e. The van der Waals surface area contributed by atoms with Crippen LogP contribution in [0, 0.1) is 13.8 Å². The van der Waals surface area contributed by atoms with Crippen molar-refractivity contribution >= 4 is 5.82 Å². The summed E-state index contributed by atoms with van der Waals surface area (Å²) < 4.78 is 1.99. The number of aryl methyl sites for hydroxylation is 2. The third-order valence-electron chi connectivity index (χ3n) is 3.34. The van der Waals surface area contributed by atoms with Gasteiger partial charge < -0.3 is 10.3 Å². The van der Waals surface area contributed by atoms with Crippen molar-refractivity contribution in [3.05, 3.63) is 35.2 Å². The lowest BCUT2D eigenvalue weighted by Crippen LogP contribution is -2.02. The number of nitrogens with zero attached hydrogens (tertiary/aromatic N) is 2. The number of rotatable bonds is 2. The number of hydrogen-bond donors (Lipinski definition) is 1. The standard InChI is InChI=1S/C15H21N3/c1-9(2)15-17-13(14(16)18(15)5)12-8-10(3)6-7-11(12)4/h6-9H,16H2,1-5H3. The average molecular weight is 243 g/mol. The van der Waals surface area contributed by atoms with Gasteiger partial charge in [0.2, 0.25) is 0 Å². The van der Waals surface area contributed by atoms with Crippen molar-refractivity contribution in [2.75, 3.05) is 5.73 Å². The third-order valence-corrected chi connectivity index (χ3v) is 3.34. The van der Waals surface area contributed by atoms with Gasteiger partial charge in [-0.3, -0.25) is 0 Å². The highest BCUT2D eigenvalue weighted by molar-refractivity contribution is 5.74. The molecule has 0 unspecified atom stereocenters. The molecule has 2 rings (SSSR count). The van der Waals surface area contributed by atoms with Crippen molar-refractivity contribution in [1.82, 2.24) is 9.55 Å². The van der Waals surface area contributed by atoms with Gasteiger partial charge in [0.1, 0.15) is 17.3 Å². The third kappa shape index (κ3) is 2.01. The summed E-state index contributed by atoms with van der Waals surface area (Å²) in [7, 11) is 1.98. The Kier molecular flexibility index (Phi) is 3.16. The molecule has 0 aliphatic carbocycles. The smallest absolute Gasteiger partial charge is 0.131 e. The molecule has 0 saturated heterocycles. The Hall–Kier alpha value is -1.77. The fraction of sp³-hybridized carbons (Fsp3) is 0.400. The molecular formula is C15H21N3. The maximum absolute atomic E-state index is 6.19. The normalized spacial score (nSPS) is 11.2. The van der Waals surface area contributed by atoms with Crippen molar-refractivity contribution in [2.24, 2.45) is 7.05 Å². The van der Waals surface area contributed by atoms with E-state index in [0.29, 0.717) is 5.92 Å². The molecule has 3 nitrogen and oxygen atoms in total. The van der Waals surface area contributed by atoms with Crippen LogP contribution in [0.15, 0.2) is 18.2 Å². The first kappa shape index (κ1) is 12.7. The fourth-order valence-corrected chi connectivity index (χ4v) is 2.23. The molecule has 0 saturated carbocycles. The largest absolute Gasteiger partial charge is 0.383 e. The van der Waals surface area contributed by atoms with Crippen LogP contribution in [0.3, 0.4) is 0 Å². The van der Waals surface area contributed by atoms with E-state index in [1.54, 1.807) is 0 Å². The lowest BCUT2D eigenvalue weighted by molar-refractivity contribution is 0.715. The molecule has 0 radical (unpaired) electrons. The summed E-state index contributed by atoms with van der Waals surface area (Å²) in [5, 5.41) is 0. The molecule has 0 aliphatic rings. The molecule has 1 aromatic carbocycles. The Labute approximate surface area is 109 Å². The van der Waals surface area contributed by atoms with Gasteiger partial charge in [0.25, 0.3) is 0 Å². The summed E-state index contributed by atoms with van der Waals surface area (Å²) in [6.07, 6.45) is 0. The SMILES string of the molecule is Cc1ccc(C)c(-c2nc(C(C)C)n(C)c2N)c1. The number of imidazole rings is 1. The van der Waals surface area contributed by atoms with Gasteiger partial charge in [0, 0.05) is 18.5 Å². The molecular weight excluding hydrogens is 222 g/mol. The number of aromatic nitrogens is 2. The molecule has 3 heteroatoms. The van der Waals surface area contributed by atoms with E-state index in [4.69, 9.17) is 10.7 Å². The van der Waals surface area contributed by atoms with Crippen LogP contribution in [0.4, 0.5) is 5.82 Å². The Bertz CT molecular complexity index is 580. The molecule has 0 amide bonds. The maximum atomic E-state index is 6.19. The van der Waals surface area contributed by atoms with Crippen LogP contribution in [0.25, 0.3) is 11.3 Å². The molecule has 0 atom stereocenters. The second-order valence-electron chi connectivity index (χ2n) is 5.24. The van der Waals surface area contributed by atoms with Gasteiger partial charge >= 0.3 is 0 Å². The topological polar surface area (TPSA) is 43.8 Å². The number of nitrogens with two attached hydrogens (primary N) is 1. The van der Waals surface area contributed by atoms with Crippen molar-refractivity contribution < 1.29 is 0 Å². The van der Waals surface area contributed by atoms with Crippen LogP contribution in [0.2, 0.25) is 0 Å². The zero-order valence-corrected chi connectivity index (χ0v) is 11.8. The number of benzene rings is 1. The number of anilines is 1. The summed E-state index contributed by atoms with van der Waals surface area (Å²) >= 11 is 0. The van der Waals surface area contributed by atoms with Crippen LogP contribution in [0.1, 0.15) is 36.7 Å². The zero-order valence-electron chi connectivity index (χ0n) is 11.8. The van der Waals surface area contributed by atoms with Gasteiger partial charge in [-0.2, -0.15) is 0 Å². The van der Waals surface area contributed by atoms with Gasteiger partial charge in [0.05, 0.1) is 0 Å². The Morgan fingerprint density at radius 2 is 1.89 bits per heavy atom. The predicted molar refractivity (Wildman–Crippen MR) is 76.6 cm³/mol. The van der Waals surface area contributed by atoms with Crippen LogP contribution in [-0.2, 0) is 7.05 Å². The highest BCUT2D eigenvalue weighted by atomic mass is 15.1. The molecule has 1 aromatic heterocycles. The van der Waals surface area contributed by atoms with E-state index in [1.165, 1.54) is 11.1 Å². The first-order chi connectivity index (χ1) is 8.41.